The van der Waals surface area contributed by atoms with E-state index in [2.05, 4.69) is 21.6 Å². The monoisotopic (exact) mass is 387 g/mol. The Morgan fingerprint density at radius 2 is 2.04 bits per heavy atom. The Hall–Kier alpha value is -2.47. The molecule has 0 aromatic heterocycles. The first-order valence-corrected chi connectivity index (χ1v) is 9.69. The van der Waals surface area contributed by atoms with Crippen molar-refractivity contribution < 1.29 is 13.6 Å². The molecule has 6 heteroatoms. The highest BCUT2D eigenvalue weighted by Crippen LogP contribution is 2.26. The number of piperidine rings is 1. The third-order valence-corrected chi connectivity index (χ3v) is 5.27. The summed E-state index contributed by atoms with van der Waals surface area (Å²) >= 11 is 0. The Labute approximate surface area is 164 Å². The minimum atomic E-state index is -0.783. The molecule has 1 aliphatic rings. The van der Waals surface area contributed by atoms with E-state index in [9.17, 15) is 13.6 Å². The van der Waals surface area contributed by atoms with Crippen molar-refractivity contribution in [2.24, 2.45) is 5.92 Å². The zero-order chi connectivity index (χ0) is 20.1. The van der Waals surface area contributed by atoms with E-state index in [0.717, 1.165) is 48.8 Å². The average molecular weight is 387 g/mol. The molecular weight excluding hydrogens is 360 g/mol. The number of carbonyl (C=O) groups excluding carboxylic acids is 1. The van der Waals surface area contributed by atoms with Gasteiger partial charge in [0.1, 0.15) is 0 Å². The quantitative estimate of drug-likeness (QED) is 0.795. The normalized spacial score (nSPS) is 17.4. The lowest BCUT2D eigenvalue weighted by Gasteiger charge is -2.33. The van der Waals surface area contributed by atoms with Gasteiger partial charge in [-0.05, 0) is 61.9 Å². The maximum atomic E-state index is 14.0. The number of amides is 2. The van der Waals surface area contributed by atoms with Gasteiger partial charge in [-0.25, -0.2) is 13.6 Å². The van der Waals surface area contributed by atoms with Crippen molar-refractivity contribution in [2.45, 2.75) is 32.7 Å². The first-order valence-electron chi connectivity index (χ1n) is 9.69. The van der Waals surface area contributed by atoms with Crippen LogP contribution in [0.2, 0.25) is 0 Å². The highest BCUT2D eigenvalue weighted by atomic mass is 19.2. The fourth-order valence-corrected chi connectivity index (χ4v) is 3.88. The third-order valence-electron chi connectivity index (χ3n) is 5.27. The van der Waals surface area contributed by atoms with Crippen molar-refractivity contribution in [2.75, 3.05) is 25.5 Å². The summed E-state index contributed by atoms with van der Waals surface area (Å²) in [6.07, 6.45) is 2.56. The Kier molecular flexibility index (Phi) is 6.62. The van der Waals surface area contributed by atoms with Crippen molar-refractivity contribution >= 4 is 11.7 Å². The maximum absolute atomic E-state index is 14.0. The zero-order valence-electron chi connectivity index (χ0n) is 16.4. The summed E-state index contributed by atoms with van der Waals surface area (Å²) in [4.78, 5) is 14.1. The van der Waals surface area contributed by atoms with Crippen molar-refractivity contribution in [3.05, 3.63) is 64.7 Å². The Morgan fingerprint density at radius 3 is 2.82 bits per heavy atom. The molecule has 2 amide bonds. The molecule has 1 atom stereocenters. The lowest BCUT2D eigenvalue weighted by molar-refractivity contribution is 0.166. The molecule has 28 heavy (non-hydrogen) atoms. The van der Waals surface area contributed by atoms with Gasteiger partial charge in [-0.3, -0.25) is 4.90 Å². The van der Waals surface area contributed by atoms with Crippen LogP contribution in [-0.4, -0.2) is 31.1 Å². The Morgan fingerprint density at radius 1 is 1.21 bits per heavy atom. The van der Waals surface area contributed by atoms with Crippen molar-refractivity contribution in [3.8, 4) is 0 Å². The van der Waals surface area contributed by atoms with E-state index in [-0.39, 0.29) is 11.9 Å². The van der Waals surface area contributed by atoms with Crippen LogP contribution in [0.3, 0.4) is 0 Å². The summed E-state index contributed by atoms with van der Waals surface area (Å²) in [7, 11) is 1.59. The second-order valence-corrected chi connectivity index (χ2v) is 7.53. The molecule has 0 radical (unpaired) electrons. The number of rotatable bonds is 5. The van der Waals surface area contributed by atoms with Crippen LogP contribution in [0.25, 0.3) is 0 Å². The number of benzene rings is 2. The molecule has 2 aromatic rings. The topological polar surface area (TPSA) is 44.4 Å². The lowest BCUT2D eigenvalue weighted by atomic mass is 9.90. The molecule has 150 valence electrons. The number of nitrogens with one attached hydrogen (secondary N) is 2. The van der Waals surface area contributed by atoms with Gasteiger partial charge in [0.15, 0.2) is 11.6 Å². The largest absolute Gasteiger partial charge is 0.341 e. The molecule has 3 rings (SSSR count). The van der Waals surface area contributed by atoms with Crippen LogP contribution < -0.4 is 10.6 Å². The van der Waals surface area contributed by atoms with Gasteiger partial charge in [0.25, 0.3) is 0 Å². The molecule has 2 N–H and O–H groups in total. The Balaban J connectivity index is 1.69. The molecule has 0 spiro atoms. The molecule has 1 heterocycles. The number of likely N-dealkylation sites (tertiary alicyclic amines) is 1. The number of hydrogen-bond acceptors (Lipinski definition) is 2. The highest BCUT2D eigenvalue weighted by Gasteiger charge is 2.23. The zero-order valence-corrected chi connectivity index (χ0v) is 16.4. The van der Waals surface area contributed by atoms with E-state index >= 15 is 0 Å². The number of carbonyl (C=O) groups is 1. The van der Waals surface area contributed by atoms with Crippen LogP contribution >= 0.6 is 0 Å². The summed E-state index contributed by atoms with van der Waals surface area (Å²) in [5.41, 5.74) is 3.43. The van der Waals surface area contributed by atoms with E-state index in [1.807, 2.05) is 19.1 Å². The summed E-state index contributed by atoms with van der Waals surface area (Å²) in [6, 6.07) is 10.1. The van der Waals surface area contributed by atoms with E-state index in [1.165, 1.54) is 0 Å². The summed E-state index contributed by atoms with van der Waals surface area (Å²) in [5.74, 6) is -1.23. The van der Waals surface area contributed by atoms with Gasteiger partial charge in [-0.2, -0.15) is 0 Å². The molecule has 2 aromatic carbocycles. The average Bonchev–Trinajstić information content (AvgIpc) is 2.68. The number of anilines is 1. The van der Waals surface area contributed by atoms with Crippen molar-refractivity contribution in [1.82, 2.24) is 10.2 Å². The van der Waals surface area contributed by atoms with Crippen LogP contribution in [-0.2, 0) is 13.0 Å². The SMILES string of the molecule is CNC(=O)Nc1ccc(C)cc1CN1CCCC(Cc2cccc(F)c2F)C1. The van der Waals surface area contributed by atoms with E-state index < -0.39 is 11.6 Å². The molecule has 4 nitrogen and oxygen atoms in total. The minimum Gasteiger partial charge on any atom is -0.341 e. The van der Waals surface area contributed by atoms with Crippen LogP contribution in [0.1, 0.15) is 29.5 Å². The van der Waals surface area contributed by atoms with Crippen LogP contribution in [0.5, 0.6) is 0 Å². The maximum Gasteiger partial charge on any atom is 0.318 e. The molecular formula is C22H27F2N3O. The first-order chi connectivity index (χ1) is 13.5. The van der Waals surface area contributed by atoms with Gasteiger partial charge in [0.05, 0.1) is 0 Å². The van der Waals surface area contributed by atoms with Crippen molar-refractivity contribution in [3.63, 3.8) is 0 Å². The van der Waals surface area contributed by atoms with E-state index in [1.54, 1.807) is 19.2 Å². The number of urea groups is 1. The summed E-state index contributed by atoms with van der Waals surface area (Å²) < 4.78 is 27.5. The standard InChI is InChI=1S/C22H27F2N3O/c1-15-8-9-20(26-22(28)25-2)18(11-15)14-27-10-4-5-16(13-27)12-17-6-3-7-19(23)21(17)24/h3,6-9,11,16H,4-5,10,12-14H2,1-2H3,(H2,25,26,28). The lowest BCUT2D eigenvalue weighted by Crippen LogP contribution is -2.36. The molecule has 1 saturated heterocycles. The van der Waals surface area contributed by atoms with E-state index in [4.69, 9.17) is 0 Å². The van der Waals surface area contributed by atoms with Crippen LogP contribution in [0.4, 0.5) is 19.3 Å². The number of nitrogens with zero attached hydrogens (tertiary/aromatic N) is 1. The van der Waals surface area contributed by atoms with Gasteiger partial charge in [-0.1, -0.05) is 29.8 Å². The fraction of sp³-hybridized carbons (Fsp3) is 0.409. The van der Waals surface area contributed by atoms with Gasteiger partial charge in [-0.15, -0.1) is 0 Å². The smallest absolute Gasteiger partial charge is 0.318 e. The van der Waals surface area contributed by atoms with Crippen LogP contribution in [0, 0.1) is 24.5 Å². The Bertz CT molecular complexity index is 841. The van der Waals surface area contributed by atoms with Gasteiger partial charge >= 0.3 is 6.03 Å². The molecule has 1 unspecified atom stereocenters. The third kappa shape index (κ3) is 5.07. The van der Waals surface area contributed by atoms with Gasteiger partial charge in [0, 0.05) is 25.8 Å². The molecule has 1 fully saturated rings. The number of hydrogen-bond donors (Lipinski definition) is 2. The van der Waals surface area contributed by atoms with E-state index in [0.29, 0.717) is 18.5 Å². The molecule has 0 saturated carbocycles. The summed E-state index contributed by atoms with van der Waals surface area (Å²) in [6.45, 7) is 4.51. The van der Waals surface area contributed by atoms with Crippen molar-refractivity contribution in [1.29, 1.82) is 0 Å². The second kappa shape index (κ2) is 9.15. The predicted molar refractivity (Wildman–Crippen MR) is 107 cm³/mol. The molecule has 0 bridgehead atoms. The molecule has 1 aliphatic heterocycles. The van der Waals surface area contributed by atoms with Gasteiger partial charge in [0.2, 0.25) is 0 Å². The number of halogens is 2. The minimum absolute atomic E-state index is 0.247. The number of aryl methyl sites for hydroxylation is 1. The van der Waals surface area contributed by atoms with Crippen LogP contribution in [0.15, 0.2) is 36.4 Å². The second-order valence-electron chi connectivity index (χ2n) is 7.53. The van der Waals surface area contributed by atoms with Gasteiger partial charge < -0.3 is 10.6 Å². The predicted octanol–water partition coefficient (Wildman–Crippen LogP) is 4.48. The first kappa shape index (κ1) is 20.3. The summed E-state index contributed by atoms with van der Waals surface area (Å²) in [5, 5.41) is 5.45. The highest BCUT2D eigenvalue weighted by molar-refractivity contribution is 5.89. The molecule has 0 aliphatic carbocycles. The fourth-order valence-electron chi connectivity index (χ4n) is 3.88.